The molecule has 0 radical (unpaired) electrons. The number of hydrogen-bond donors (Lipinski definition) is 1. The number of Topliss-reactive ketones (excluding diaryl/α,β-unsaturated/α-hetero) is 1. The first-order chi connectivity index (χ1) is 4.54. The SMILES string of the molecule is CC(C)=O.COP(O)OC. The van der Waals surface area contributed by atoms with Gasteiger partial charge in [-0.2, -0.15) is 0 Å². The molecule has 0 unspecified atom stereocenters. The van der Waals surface area contributed by atoms with Crippen LogP contribution in [0.25, 0.3) is 0 Å². The van der Waals surface area contributed by atoms with E-state index in [2.05, 4.69) is 9.05 Å². The Balaban J connectivity index is 0. The van der Waals surface area contributed by atoms with Gasteiger partial charge in [0.15, 0.2) is 0 Å². The van der Waals surface area contributed by atoms with Gasteiger partial charge in [-0.1, -0.05) is 0 Å². The highest BCUT2D eigenvalue weighted by atomic mass is 31.2. The number of hydrogen-bond acceptors (Lipinski definition) is 4. The van der Waals surface area contributed by atoms with Crippen molar-refractivity contribution < 1.29 is 18.7 Å². The summed E-state index contributed by atoms with van der Waals surface area (Å²) in [6, 6.07) is 0. The molecule has 0 atom stereocenters. The molecule has 0 saturated heterocycles. The van der Waals surface area contributed by atoms with Gasteiger partial charge in [-0.15, -0.1) is 0 Å². The zero-order chi connectivity index (χ0) is 8.57. The summed E-state index contributed by atoms with van der Waals surface area (Å²) in [6.07, 6.45) is 0. The number of carbonyl (C=O) groups is 1. The van der Waals surface area contributed by atoms with Crippen LogP contribution in [0.4, 0.5) is 0 Å². The van der Waals surface area contributed by atoms with Gasteiger partial charge in [0.2, 0.25) is 0 Å². The van der Waals surface area contributed by atoms with Gasteiger partial charge in [0.1, 0.15) is 5.78 Å². The third-order valence-corrected chi connectivity index (χ3v) is 0.937. The maximum absolute atomic E-state index is 9.44. The lowest BCUT2D eigenvalue weighted by molar-refractivity contribution is -0.114. The van der Waals surface area contributed by atoms with Crippen LogP contribution in [0.2, 0.25) is 0 Å². The van der Waals surface area contributed by atoms with Gasteiger partial charge in [0, 0.05) is 14.2 Å². The van der Waals surface area contributed by atoms with Crippen LogP contribution >= 0.6 is 8.60 Å². The van der Waals surface area contributed by atoms with Crippen molar-refractivity contribution in [3.63, 3.8) is 0 Å². The quantitative estimate of drug-likeness (QED) is 0.627. The van der Waals surface area contributed by atoms with Gasteiger partial charge < -0.3 is 18.7 Å². The van der Waals surface area contributed by atoms with E-state index in [1.165, 1.54) is 28.1 Å². The second kappa shape index (κ2) is 8.98. The van der Waals surface area contributed by atoms with Crippen molar-refractivity contribution >= 4 is 14.4 Å². The molecular formula is C5H13O4P. The van der Waals surface area contributed by atoms with Crippen LogP contribution in [0.5, 0.6) is 0 Å². The number of rotatable bonds is 2. The van der Waals surface area contributed by atoms with Crippen molar-refractivity contribution in [3.8, 4) is 0 Å². The first kappa shape index (κ1) is 12.6. The zero-order valence-electron chi connectivity index (χ0n) is 6.62. The summed E-state index contributed by atoms with van der Waals surface area (Å²) in [5.74, 6) is 0.167. The van der Waals surface area contributed by atoms with Gasteiger partial charge in [-0.3, -0.25) is 0 Å². The average Bonchev–Trinajstić information content (AvgIpc) is 1.85. The fourth-order valence-electron chi connectivity index (χ4n) is 0.0745. The molecule has 0 rings (SSSR count). The molecule has 5 heteroatoms. The molecule has 0 spiro atoms. The molecule has 0 aromatic rings. The second-order valence-corrected chi connectivity index (χ2v) is 2.72. The highest BCUT2D eigenvalue weighted by molar-refractivity contribution is 7.40. The third-order valence-electron chi connectivity index (χ3n) is 0.312. The van der Waals surface area contributed by atoms with E-state index < -0.39 is 8.60 Å². The van der Waals surface area contributed by atoms with Crippen molar-refractivity contribution in [1.29, 1.82) is 0 Å². The van der Waals surface area contributed by atoms with Gasteiger partial charge in [-0.05, 0) is 13.8 Å². The monoisotopic (exact) mass is 168 g/mol. The standard InChI is InChI=1S/C3H6O.C2H7O3P/c1-3(2)4;1-4-6(3)5-2/h1-2H3;3H,1-2H3. The molecule has 4 nitrogen and oxygen atoms in total. The molecule has 1 N–H and O–H groups in total. The van der Waals surface area contributed by atoms with E-state index in [1.54, 1.807) is 0 Å². The van der Waals surface area contributed by atoms with Gasteiger partial charge in [0.25, 0.3) is 0 Å². The molecule has 0 aromatic carbocycles. The van der Waals surface area contributed by atoms with E-state index in [-0.39, 0.29) is 5.78 Å². The summed E-state index contributed by atoms with van der Waals surface area (Å²) < 4.78 is 8.59. The fraction of sp³-hybridized carbons (Fsp3) is 0.800. The van der Waals surface area contributed by atoms with E-state index in [4.69, 9.17) is 4.89 Å². The Morgan fingerprint density at radius 3 is 1.50 bits per heavy atom. The Morgan fingerprint density at radius 1 is 1.30 bits per heavy atom. The zero-order valence-corrected chi connectivity index (χ0v) is 7.51. The molecule has 10 heavy (non-hydrogen) atoms. The van der Waals surface area contributed by atoms with Crippen LogP contribution in [0, 0.1) is 0 Å². The minimum absolute atomic E-state index is 0.167. The summed E-state index contributed by atoms with van der Waals surface area (Å²) >= 11 is 0. The molecule has 0 aliphatic carbocycles. The summed E-state index contributed by atoms with van der Waals surface area (Å²) in [4.78, 5) is 17.7. The van der Waals surface area contributed by atoms with Crippen LogP contribution in [0.1, 0.15) is 13.8 Å². The molecular weight excluding hydrogens is 155 g/mol. The fourth-order valence-corrected chi connectivity index (χ4v) is 0.224. The van der Waals surface area contributed by atoms with E-state index in [0.29, 0.717) is 0 Å². The molecule has 0 aromatic heterocycles. The minimum atomic E-state index is -1.58. The first-order valence-corrected chi connectivity index (χ1v) is 3.72. The Bertz CT molecular complexity index is 77.7. The molecule has 0 saturated carbocycles. The average molecular weight is 168 g/mol. The molecule has 0 heterocycles. The highest BCUT2D eigenvalue weighted by Crippen LogP contribution is 2.28. The highest BCUT2D eigenvalue weighted by Gasteiger charge is 1.94. The van der Waals surface area contributed by atoms with Crippen molar-refractivity contribution in [3.05, 3.63) is 0 Å². The largest absolute Gasteiger partial charge is 0.329 e. The van der Waals surface area contributed by atoms with Gasteiger partial charge >= 0.3 is 8.60 Å². The minimum Gasteiger partial charge on any atom is -0.328 e. The maximum Gasteiger partial charge on any atom is 0.329 e. The summed E-state index contributed by atoms with van der Waals surface area (Å²) in [5, 5.41) is 0. The van der Waals surface area contributed by atoms with Crippen molar-refractivity contribution in [2.75, 3.05) is 14.2 Å². The van der Waals surface area contributed by atoms with Crippen LogP contribution in [0.15, 0.2) is 0 Å². The lowest BCUT2D eigenvalue weighted by atomic mass is 10.6. The Kier molecular flexibility index (Phi) is 11.3. The Hall–Kier alpha value is -0.0200. The number of ketones is 1. The second-order valence-electron chi connectivity index (χ2n) is 1.51. The predicted octanol–water partition coefficient (Wildman–Crippen LogP) is 1.09. The van der Waals surface area contributed by atoms with Gasteiger partial charge in [0.05, 0.1) is 0 Å². The van der Waals surface area contributed by atoms with E-state index in [9.17, 15) is 4.79 Å². The van der Waals surface area contributed by atoms with Gasteiger partial charge in [-0.25, -0.2) is 0 Å². The summed E-state index contributed by atoms with van der Waals surface area (Å²) in [6.45, 7) is 3.06. The predicted molar refractivity (Wildman–Crippen MR) is 39.5 cm³/mol. The topological polar surface area (TPSA) is 55.8 Å². The van der Waals surface area contributed by atoms with E-state index in [1.807, 2.05) is 0 Å². The molecule has 0 aliphatic heterocycles. The van der Waals surface area contributed by atoms with Crippen molar-refractivity contribution in [1.82, 2.24) is 0 Å². The first-order valence-electron chi connectivity index (χ1n) is 2.59. The lowest BCUT2D eigenvalue weighted by Gasteiger charge is -1.98. The van der Waals surface area contributed by atoms with E-state index in [0.717, 1.165) is 0 Å². The maximum atomic E-state index is 9.44. The molecule has 0 fully saturated rings. The smallest absolute Gasteiger partial charge is 0.328 e. The van der Waals surface area contributed by atoms with Crippen molar-refractivity contribution in [2.45, 2.75) is 13.8 Å². The third kappa shape index (κ3) is 24.5. The molecule has 0 amide bonds. The summed E-state index contributed by atoms with van der Waals surface area (Å²) in [5.41, 5.74) is 0. The number of carbonyl (C=O) groups excluding carboxylic acids is 1. The van der Waals surface area contributed by atoms with E-state index >= 15 is 0 Å². The van der Waals surface area contributed by atoms with Crippen LogP contribution in [-0.4, -0.2) is 24.9 Å². The Morgan fingerprint density at radius 2 is 1.50 bits per heavy atom. The normalized spacial score (nSPS) is 8.60. The van der Waals surface area contributed by atoms with Crippen molar-refractivity contribution in [2.24, 2.45) is 0 Å². The van der Waals surface area contributed by atoms with Crippen LogP contribution < -0.4 is 0 Å². The lowest BCUT2D eigenvalue weighted by Crippen LogP contribution is -1.75. The van der Waals surface area contributed by atoms with Crippen LogP contribution in [0.3, 0.4) is 0 Å². The Labute approximate surface area is 62.1 Å². The van der Waals surface area contributed by atoms with Crippen LogP contribution in [-0.2, 0) is 13.8 Å². The summed E-state index contributed by atoms with van der Waals surface area (Å²) in [7, 11) is 1.19. The molecule has 0 bridgehead atoms. The molecule has 0 aliphatic rings. The molecule has 62 valence electrons.